The maximum Gasteiger partial charge on any atom is 0.371 e. The smallest absolute Gasteiger partial charge is 0.371 e. The van der Waals surface area contributed by atoms with E-state index in [1.165, 1.54) is 16.9 Å². The molecule has 1 aliphatic rings. The minimum absolute atomic E-state index is 0.0564. The maximum atomic E-state index is 10.7. The summed E-state index contributed by atoms with van der Waals surface area (Å²) in [6.45, 7) is 0. The van der Waals surface area contributed by atoms with Crippen molar-refractivity contribution in [1.29, 1.82) is 0 Å². The Hall–Kier alpha value is -1.29. The van der Waals surface area contributed by atoms with Gasteiger partial charge in [0.2, 0.25) is 5.76 Å². The molecule has 3 rings (SSSR count). The summed E-state index contributed by atoms with van der Waals surface area (Å²) in [6, 6.07) is 1.63. The van der Waals surface area contributed by atoms with Gasteiger partial charge in [-0.1, -0.05) is 0 Å². The topological polar surface area (TPSA) is 50.4 Å². The number of rotatable bonds is 1. The van der Waals surface area contributed by atoms with Crippen molar-refractivity contribution >= 4 is 27.6 Å². The van der Waals surface area contributed by atoms with Gasteiger partial charge in [0, 0.05) is 16.5 Å². The second-order valence-corrected chi connectivity index (χ2v) is 4.60. The van der Waals surface area contributed by atoms with Crippen LogP contribution in [0.15, 0.2) is 10.5 Å². The average Bonchev–Trinajstić information content (AvgIpc) is 2.70. The summed E-state index contributed by atoms with van der Waals surface area (Å²) >= 11 is 1.67. The quantitative estimate of drug-likeness (QED) is 0.783. The van der Waals surface area contributed by atoms with Gasteiger partial charge in [-0.05, 0) is 19.3 Å². The zero-order chi connectivity index (χ0) is 9.71. The highest BCUT2D eigenvalue weighted by Crippen LogP contribution is 2.38. The third-order valence-corrected chi connectivity index (χ3v) is 3.80. The lowest BCUT2D eigenvalue weighted by Crippen LogP contribution is -1.91. The molecule has 0 aliphatic heterocycles. The van der Waals surface area contributed by atoms with Crippen LogP contribution in [0.25, 0.3) is 10.3 Å². The second-order valence-electron chi connectivity index (χ2n) is 3.47. The van der Waals surface area contributed by atoms with Gasteiger partial charge < -0.3 is 9.52 Å². The number of thiophene rings is 1. The number of fused-ring (bicyclic) bond motifs is 3. The molecule has 1 N–H and O–H groups in total. The van der Waals surface area contributed by atoms with E-state index in [1.807, 2.05) is 0 Å². The van der Waals surface area contributed by atoms with Crippen molar-refractivity contribution in [2.75, 3.05) is 0 Å². The zero-order valence-electron chi connectivity index (χ0n) is 7.37. The average molecular weight is 208 g/mol. The summed E-state index contributed by atoms with van der Waals surface area (Å²) in [5.41, 5.74) is 2.04. The van der Waals surface area contributed by atoms with E-state index >= 15 is 0 Å². The fourth-order valence-electron chi connectivity index (χ4n) is 1.97. The molecule has 0 unspecified atom stereocenters. The van der Waals surface area contributed by atoms with Crippen molar-refractivity contribution in [2.24, 2.45) is 0 Å². The molecular weight excluding hydrogens is 200 g/mol. The van der Waals surface area contributed by atoms with Gasteiger partial charge in [0.05, 0.1) is 4.70 Å². The summed E-state index contributed by atoms with van der Waals surface area (Å²) in [4.78, 5) is 12.1. The minimum Gasteiger partial charge on any atom is -0.475 e. The molecule has 0 saturated heterocycles. The number of carbonyl (C=O) groups is 1. The molecule has 72 valence electrons. The van der Waals surface area contributed by atoms with Gasteiger partial charge in [0.1, 0.15) is 5.58 Å². The van der Waals surface area contributed by atoms with Crippen LogP contribution in [0.5, 0.6) is 0 Å². The lowest BCUT2D eigenvalue weighted by atomic mass is 10.2. The predicted molar refractivity (Wildman–Crippen MR) is 53.1 cm³/mol. The number of aromatic carboxylic acids is 1. The highest BCUT2D eigenvalue weighted by atomic mass is 32.1. The van der Waals surface area contributed by atoms with E-state index < -0.39 is 5.97 Å². The highest BCUT2D eigenvalue weighted by Gasteiger charge is 2.22. The standard InChI is InChI=1S/C10H8O3S/c11-10(12)6-4-8-9(13-6)5-2-1-3-7(5)14-8/h4H,1-3H2,(H,11,12). The van der Waals surface area contributed by atoms with Crippen molar-refractivity contribution in [3.63, 3.8) is 0 Å². The molecular formula is C10H8O3S. The molecule has 0 aromatic carbocycles. The van der Waals surface area contributed by atoms with Gasteiger partial charge >= 0.3 is 5.97 Å². The van der Waals surface area contributed by atoms with E-state index in [0.717, 1.165) is 23.1 Å². The third kappa shape index (κ3) is 0.944. The summed E-state index contributed by atoms with van der Waals surface area (Å²) in [7, 11) is 0. The first-order valence-electron chi connectivity index (χ1n) is 4.53. The van der Waals surface area contributed by atoms with Gasteiger partial charge in [0.25, 0.3) is 0 Å². The lowest BCUT2D eigenvalue weighted by Gasteiger charge is -1.87. The molecule has 3 nitrogen and oxygen atoms in total. The lowest BCUT2D eigenvalue weighted by molar-refractivity contribution is 0.0665. The molecule has 0 saturated carbocycles. The van der Waals surface area contributed by atoms with Crippen LogP contribution in [0.1, 0.15) is 27.4 Å². The van der Waals surface area contributed by atoms with E-state index in [1.54, 1.807) is 17.4 Å². The fourth-order valence-corrected chi connectivity index (χ4v) is 3.22. The van der Waals surface area contributed by atoms with Crippen molar-refractivity contribution in [1.82, 2.24) is 0 Å². The van der Waals surface area contributed by atoms with Crippen LogP contribution in [0.2, 0.25) is 0 Å². The van der Waals surface area contributed by atoms with Gasteiger partial charge in [-0.3, -0.25) is 0 Å². The molecule has 0 atom stereocenters. The predicted octanol–water partition coefficient (Wildman–Crippen LogP) is 2.68. The number of furan rings is 1. The van der Waals surface area contributed by atoms with Crippen LogP contribution in [0.4, 0.5) is 0 Å². The molecule has 0 amide bonds. The SMILES string of the molecule is O=C(O)c1cc2sc3c(c2o1)CCC3. The Balaban J connectivity index is 2.26. The van der Waals surface area contributed by atoms with Crippen LogP contribution in [-0.4, -0.2) is 11.1 Å². The van der Waals surface area contributed by atoms with E-state index in [0.29, 0.717) is 0 Å². The van der Waals surface area contributed by atoms with E-state index in [2.05, 4.69) is 0 Å². The van der Waals surface area contributed by atoms with Gasteiger partial charge in [-0.25, -0.2) is 4.79 Å². The number of hydrogen-bond acceptors (Lipinski definition) is 3. The molecule has 4 heteroatoms. The molecule has 0 bridgehead atoms. The normalized spacial score (nSPS) is 14.9. The number of hydrogen-bond donors (Lipinski definition) is 1. The number of aryl methyl sites for hydroxylation is 2. The molecule has 0 radical (unpaired) electrons. The van der Waals surface area contributed by atoms with Crippen LogP contribution >= 0.6 is 11.3 Å². The second kappa shape index (κ2) is 2.60. The Kier molecular flexibility index (Phi) is 1.50. The van der Waals surface area contributed by atoms with Crippen LogP contribution in [0.3, 0.4) is 0 Å². The molecule has 0 fully saturated rings. The van der Waals surface area contributed by atoms with Crippen LogP contribution in [0, 0.1) is 0 Å². The summed E-state index contributed by atoms with van der Waals surface area (Å²) in [5.74, 6) is -0.930. The third-order valence-electron chi connectivity index (χ3n) is 2.58. The Bertz CT molecular complexity index is 521. The zero-order valence-corrected chi connectivity index (χ0v) is 8.19. The molecule has 14 heavy (non-hydrogen) atoms. The Morgan fingerprint density at radius 3 is 3.14 bits per heavy atom. The van der Waals surface area contributed by atoms with Crippen LogP contribution in [-0.2, 0) is 12.8 Å². The monoisotopic (exact) mass is 208 g/mol. The Labute approximate surface area is 84.0 Å². The Morgan fingerprint density at radius 1 is 1.50 bits per heavy atom. The molecule has 2 aromatic rings. The molecule has 0 spiro atoms. The van der Waals surface area contributed by atoms with Crippen molar-refractivity contribution < 1.29 is 14.3 Å². The van der Waals surface area contributed by atoms with Crippen molar-refractivity contribution in [3.8, 4) is 0 Å². The first-order chi connectivity index (χ1) is 6.75. The fraction of sp³-hybridized carbons (Fsp3) is 0.300. The van der Waals surface area contributed by atoms with E-state index in [9.17, 15) is 4.79 Å². The largest absolute Gasteiger partial charge is 0.475 e. The summed E-state index contributed by atoms with van der Waals surface area (Å²) in [6.07, 6.45) is 3.31. The number of carboxylic acid groups (broad SMARTS) is 1. The van der Waals surface area contributed by atoms with Crippen molar-refractivity contribution in [3.05, 3.63) is 22.3 Å². The molecule has 2 aromatic heterocycles. The van der Waals surface area contributed by atoms with Crippen molar-refractivity contribution in [2.45, 2.75) is 19.3 Å². The van der Waals surface area contributed by atoms with Gasteiger partial charge in [-0.2, -0.15) is 0 Å². The van der Waals surface area contributed by atoms with Crippen LogP contribution < -0.4 is 0 Å². The number of carboxylic acids is 1. The molecule has 1 aliphatic carbocycles. The first kappa shape index (κ1) is 8.05. The Morgan fingerprint density at radius 2 is 2.36 bits per heavy atom. The highest BCUT2D eigenvalue weighted by molar-refractivity contribution is 7.19. The van der Waals surface area contributed by atoms with E-state index in [-0.39, 0.29) is 5.76 Å². The van der Waals surface area contributed by atoms with E-state index in [4.69, 9.17) is 9.52 Å². The summed E-state index contributed by atoms with van der Waals surface area (Å²) in [5, 5.41) is 8.76. The summed E-state index contributed by atoms with van der Waals surface area (Å²) < 4.78 is 6.30. The molecule has 2 heterocycles. The maximum absolute atomic E-state index is 10.7. The minimum atomic E-state index is -0.986. The van der Waals surface area contributed by atoms with Gasteiger partial charge in [0.15, 0.2) is 0 Å². The first-order valence-corrected chi connectivity index (χ1v) is 5.35. The van der Waals surface area contributed by atoms with Gasteiger partial charge in [-0.15, -0.1) is 11.3 Å².